The lowest BCUT2D eigenvalue weighted by Gasteiger charge is -2.26. The molecule has 1 atom stereocenters. The molecule has 10 heteroatoms. The molecule has 1 saturated carbocycles. The van der Waals surface area contributed by atoms with Crippen molar-refractivity contribution in [3.8, 4) is 0 Å². The zero-order valence-electron chi connectivity index (χ0n) is 15.5. The third-order valence-electron chi connectivity index (χ3n) is 4.82. The highest BCUT2D eigenvalue weighted by Gasteiger charge is 2.30. The number of morpholine rings is 1. The average molecular weight is 414 g/mol. The molecule has 2 fully saturated rings. The Labute approximate surface area is 163 Å². The Balaban J connectivity index is 1.66. The van der Waals surface area contributed by atoms with E-state index in [1.165, 1.54) is 4.31 Å². The summed E-state index contributed by atoms with van der Waals surface area (Å²) >= 11 is 0. The van der Waals surface area contributed by atoms with Crippen LogP contribution in [-0.2, 0) is 24.3 Å². The quantitative estimate of drug-likeness (QED) is 0.666. The molecule has 1 aromatic rings. The number of hydrogen-bond donors (Lipinski definition) is 1. The van der Waals surface area contributed by atoms with E-state index in [9.17, 15) is 22.4 Å². The van der Waals surface area contributed by atoms with Crippen LogP contribution in [0.25, 0.3) is 0 Å². The summed E-state index contributed by atoms with van der Waals surface area (Å²) in [4.78, 5) is 23.8. The molecule has 1 amide bonds. The summed E-state index contributed by atoms with van der Waals surface area (Å²) in [5.74, 6) is -2.05. The van der Waals surface area contributed by atoms with Gasteiger partial charge >= 0.3 is 5.97 Å². The zero-order chi connectivity index (χ0) is 20.3. The highest BCUT2D eigenvalue weighted by molar-refractivity contribution is 7.89. The Bertz CT molecular complexity index is 850. The first-order valence-corrected chi connectivity index (χ1v) is 10.6. The van der Waals surface area contributed by atoms with Crippen LogP contribution in [0.15, 0.2) is 23.1 Å². The molecular weight excluding hydrogens is 391 g/mol. The number of halogens is 1. The van der Waals surface area contributed by atoms with Gasteiger partial charge in [0.15, 0.2) is 6.61 Å². The molecule has 0 radical (unpaired) electrons. The van der Waals surface area contributed by atoms with Crippen molar-refractivity contribution in [3.63, 3.8) is 0 Å². The molecule has 0 spiro atoms. The number of ether oxygens (including phenoxy) is 2. The van der Waals surface area contributed by atoms with Crippen LogP contribution in [0, 0.1) is 11.7 Å². The maximum atomic E-state index is 14.1. The van der Waals surface area contributed by atoms with Crippen LogP contribution >= 0.6 is 0 Å². The maximum absolute atomic E-state index is 14.1. The number of benzene rings is 1. The van der Waals surface area contributed by atoms with Gasteiger partial charge in [-0.2, -0.15) is 4.31 Å². The van der Waals surface area contributed by atoms with E-state index in [1.807, 2.05) is 6.92 Å². The number of nitrogens with zero attached hydrogens (tertiary/aromatic N) is 1. The fourth-order valence-corrected chi connectivity index (χ4v) is 4.41. The molecule has 0 aromatic heterocycles. The Hall–Kier alpha value is -2.04. The van der Waals surface area contributed by atoms with E-state index in [0.717, 1.165) is 31.0 Å². The van der Waals surface area contributed by atoms with Gasteiger partial charge in [-0.1, -0.05) is 0 Å². The molecule has 1 N–H and O–H groups in total. The highest BCUT2D eigenvalue weighted by Crippen LogP contribution is 2.32. The number of carbonyl (C=O) groups is 2. The molecule has 1 saturated heterocycles. The van der Waals surface area contributed by atoms with Crippen molar-refractivity contribution in [3.05, 3.63) is 29.6 Å². The molecule has 3 rings (SSSR count). The monoisotopic (exact) mass is 414 g/mol. The van der Waals surface area contributed by atoms with Gasteiger partial charge in [-0.15, -0.1) is 0 Å². The maximum Gasteiger partial charge on any atom is 0.341 e. The summed E-state index contributed by atoms with van der Waals surface area (Å²) in [5, 5.41) is 2.72. The Morgan fingerprint density at radius 1 is 1.32 bits per heavy atom. The van der Waals surface area contributed by atoms with Crippen LogP contribution in [0.2, 0.25) is 0 Å². The molecule has 28 heavy (non-hydrogen) atoms. The Morgan fingerprint density at radius 3 is 2.64 bits per heavy atom. The number of rotatable bonds is 7. The molecule has 0 bridgehead atoms. The van der Waals surface area contributed by atoms with Crippen LogP contribution in [-0.4, -0.2) is 63.6 Å². The second-order valence-corrected chi connectivity index (χ2v) is 8.87. The molecular formula is C18H23FN2O6S. The first-order chi connectivity index (χ1) is 13.3. The third-order valence-corrected chi connectivity index (χ3v) is 6.71. The van der Waals surface area contributed by atoms with E-state index in [1.54, 1.807) is 0 Å². The van der Waals surface area contributed by atoms with Crippen LogP contribution in [0.3, 0.4) is 0 Å². The molecule has 154 valence electrons. The van der Waals surface area contributed by atoms with Crippen molar-refractivity contribution in [1.82, 2.24) is 9.62 Å². The Morgan fingerprint density at radius 2 is 2.00 bits per heavy atom. The average Bonchev–Trinajstić information content (AvgIpc) is 3.52. The summed E-state index contributed by atoms with van der Waals surface area (Å²) in [6.45, 7) is 2.21. The number of hydrogen-bond acceptors (Lipinski definition) is 6. The minimum absolute atomic E-state index is 0.00932. The van der Waals surface area contributed by atoms with Crippen molar-refractivity contribution in [1.29, 1.82) is 0 Å². The van der Waals surface area contributed by atoms with Crippen LogP contribution in [0.5, 0.6) is 0 Å². The lowest BCUT2D eigenvalue weighted by molar-refractivity contribution is -0.125. The topological polar surface area (TPSA) is 102 Å². The van der Waals surface area contributed by atoms with Gasteiger partial charge in [-0.25, -0.2) is 17.6 Å². The van der Waals surface area contributed by atoms with Gasteiger partial charge in [0.05, 0.1) is 23.7 Å². The van der Waals surface area contributed by atoms with E-state index < -0.39 is 39.9 Å². The van der Waals surface area contributed by atoms with Crippen molar-refractivity contribution in [2.75, 3.05) is 32.9 Å². The molecule has 0 unspecified atom stereocenters. The fourth-order valence-electron chi connectivity index (χ4n) is 2.98. The first-order valence-electron chi connectivity index (χ1n) is 9.13. The molecule has 1 aliphatic heterocycles. The van der Waals surface area contributed by atoms with Crippen LogP contribution in [0.4, 0.5) is 4.39 Å². The van der Waals surface area contributed by atoms with E-state index in [2.05, 4.69) is 5.32 Å². The van der Waals surface area contributed by atoms with Gasteiger partial charge < -0.3 is 14.8 Å². The molecule has 1 aromatic carbocycles. The van der Waals surface area contributed by atoms with E-state index >= 15 is 0 Å². The van der Waals surface area contributed by atoms with Gasteiger partial charge in [-0.05, 0) is 43.9 Å². The predicted molar refractivity (Wildman–Crippen MR) is 96.6 cm³/mol. The van der Waals surface area contributed by atoms with E-state index in [4.69, 9.17) is 9.47 Å². The predicted octanol–water partition coefficient (Wildman–Crippen LogP) is 0.918. The van der Waals surface area contributed by atoms with Gasteiger partial charge in [-0.3, -0.25) is 4.79 Å². The smallest absolute Gasteiger partial charge is 0.341 e. The zero-order valence-corrected chi connectivity index (χ0v) is 16.3. The number of nitrogens with one attached hydrogen (secondary N) is 1. The standard InChI is InChI=1S/C18H23FN2O6S/c1-12(13-2-3-13)20-17(22)11-27-18(23)15-10-14(4-5-16(15)19)28(24,25)21-6-8-26-9-7-21/h4-5,10,12-13H,2-3,6-9,11H2,1H3,(H,20,22)/t12-/m0/s1. The number of sulfonamides is 1. The highest BCUT2D eigenvalue weighted by atomic mass is 32.2. The number of esters is 1. The molecule has 1 aliphatic carbocycles. The van der Waals surface area contributed by atoms with E-state index in [-0.39, 0.29) is 37.2 Å². The fraction of sp³-hybridized carbons (Fsp3) is 0.556. The molecule has 1 heterocycles. The van der Waals surface area contributed by atoms with Crippen molar-refractivity contribution < 1.29 is 31.9 Å². The third kappa shape index (κ3) is 4.86. The minimum Gasteiger partial charge on any atom is -0.452 e. The van der Waals surface area contributed by atoms with Crippen LogP contribution < -0.4 is 5.32 Å². The second-order valence-electron chi connectivity index (χ2n) is 6.93. The number of carbonyl (C=O) groups excluding carboxylic acids is 2. The van der Waals surface area contributed by atoms with Gasteiger partial charge in [0.25, 0.3) is 5.91 Å². The lowest BCUT2D eigenvalue weighted by atomic mass is 10.2. The van der Waals surface area contributed by atoms with Gasteiger partial charge in [0, 0.05) is 19.1 Å². The summed E-state index contributed by atoms with van der Waals surface area (Å²) in [6.07, 6.45) is 2.10. The SMILES string of the molecule is C[C@H](NC(=O)COC(=O)c1cc(S(=O)(=O)N2CCOCC2)ccc1F)C1CC1. The summed E-state index contributed by atoms with van der Waals surface area (Å²) in [5.41, 5.74) is -0.530. The lowest BCUT2D eigenvalue weighted by Crippen LogP contribution is -2.40. The van der Waals surface area contributed by atoms with Crippen molar-refractivity contribution in [2.24, 2.45) is 5.92 Å². The van der Waals surface area contributed by atoms with Gasteiger partial charge in [0.2, 0.25) is 10.0 Å². The summed E-state index contributed by atoms with van der Waals surface area (Å²) < 4.78 is 50.6. The molecule has 2 aliphatic rings. The minimum atomic E-state index is -3.88. The summed E-state index contributed by atoms with van der Waals surface area (Å²) in [7, 11) is -3.88. The number of amides is 1. The Kier molecular flexibility index (Phi) is 6.31. The first kappa shape index (κ1) is 20.7. The van der Waals surface area contributed by atoms with Crippen LogP contribution in [0.1, 0.15) is 30.1 Å². The summed E-state index contributed by atoms with van der Waals surface area (Å²) in [6, 6.07) is 2.93. The second kappa shape index (κ2) is 8.54. The van der Waals surface area contributed by atoms with Gasteiger partial charge in [0.1, 0.15) is 5.82 Å². The van der Waals surface area contributed by atoms with Crippen molar-refractivity contribution in [2.45, 2.75) is 30.7 Å². The normalized spacial score (nSPS) is 19.1. The van der Waals surface area contributed by atoms with E-state index in [0.29, 0.717) is 5.92 Å². The largest absolute Gasteiger partial charge is 0.452 e. The molecule has 8 nitrogen and oxygen atoms in total. The van der Waals surface area contributed by atoms with Crippen molar-refractivity contribution >= 4 is 21.9 Å².